The van der Waals surface area contributed by atoms with E-state index >= 15 is 0 Å². The van der Waals surface area contributed by atoms with Gasteiger partial charge in [0.15, 0.2) is 0 Å². The molecule has 2 aliphatic heterocycles. The molecule has 0 saturated carbocycles. The highest BCUT2D eigenvalue weighted by Gasteiger charge is 2.38. The number of esters is 1. The van der Waals surface area contributed by atoms with Crippen LogP contribution in [0, 0.1) is 17.8 Å². The van der Waals surface area contributed by atoms with E-state index in [1.54, 1.807) is 4.31 Å². The fraction of sp³-hybridized carbons (Fsp3) is 0.929. The third kappa shape index (κ3) is 3.76. The van der Waals surface area contributed by atoms with E-state index in [0.29, 0.717) is 44.3 Å². The van der Waals surface area contributed by atoms with Gasteiger partial charge >= 0.3 is 5.97 Å². The molecular formula is C14H26N2O4S. The first-order valence-corrected chi connectivity index (χ1v) is 9.07. The van der Waals surface area contributed by atoms with Crippen LogP contribution in [-0.2, 0) is 19.7 Å². The lowest BCUT2D eigenvalue weighted by molar-refractivity contribution is -0.146. The predicted molar refractivity (Wildman–Crippen MR) is 79.8 cm³/mol. The molecule has 0 aromatic rings. The van der Waals surface area contributed by atoms with Crippen LogP contribution in [0.2, 0.25) is 0 Å². The first kappa shape index (κ1) is 16.7. The van der Waals surface area contributed by atoms with Gasteiger partial charge in [0.25, 0.3) is 10.2 Å². The molecule has 3 unspecified atom stereocenters. The predicted octanol–water partition coefficient (Wildman–Crippen LogP) is 1.09. The molecule has 2 heterocycles. The summed E-state index contributed by atoms with van der Waals surface area (Å²) in [7, 11) is -2.12. The molecule has 6 nitrogen and oxygen atoms in total. The van der Waals surface area contributed by atoms with Crippen LogP contribution in [0.3, 0.4) is 0 Å². The number of carbonyl (C=O) groups excluding carboxylic acids is 1. The van der Waals surface area contributed by atoms with Crippen molar-refractivity contribution in [2.75, 3.05) is 33.3 Å². The molecule has 0 aromatic carbocycles. The summed E-state index contributed by atoms with van der Waals surface area (Å²) in [5, 5.41) is 0. The minimum absolute atomic E-state index is 0.244. The molecule has 0 aromatic heterocycles. The van der Waals surface area contributed by atoms with Gasteiger partial charge in [0.05, 0.1) is 13.0 Å². The van der Waals surface area contributed by atoms with Crippen molar-refractivity contribution in [1.82, 2.24) is 8.61 Å². The minimum atomic E-state index is -3.47. The molecule has 21 heavy (non-hydrogen) atoms. The van der Waals surface area contributed by atoms with Crippen LogP contribution in [-0.4, -0.2) is 56.3 Å². The molecule has 0 radical (unpaired) electrons. The van der Waals surface area contributed by atoms with E-state index in [1.807, 2.05) is 0 Å². The van der Waals surface area contributed by atoms with Crippen LogP contribution in [0.4, 0.5) is 0 Å². The SMILES string of the molecule is COC(=O)C1CCCN(S(=O)(=O)N2CC(C)CC(C)C2)C1. The fourth-order valence-corrected chi connectivity index (χ4v) is 5.41. The normalized spacial score (nSPS) is 32.8. The van der Waals surface area contributed by atoms with Crippen molar-refractivity contribution in [3.8, 4) is 0 Å². The standard InChI is InChI=1S/C14H26N2O4S/c1-11-7-12(2)9-16(8-11)21(18,19)15-6-4-5-13(10-15)14(17)20-3/h11-13H,4-10H2,1-3H3. The summed E-state index contributed by atoms with van der Waals surface area (Å²) in [5.74, 6) is 0.114. The number of carbonyl (C=O) groups is 1. The van der Waals surface area contributed by atoms with E-state index < -0.39 is 10.2 Å². The molecule has 0 bridgehead atoms. The summed E-state index contributed by atoms with van der Waals surface area (Å²) in [4.78, 5) is 11.7. The van der Waals surface area contributed by atoms with Crippen LogP contribution in [0.5, 0.6) is 0 Å². The van der Waals surface area contributed by atoms with Crippen LogP contribution >= 0.6 is 0 Å². The molecule has 3 atom stereocenters. The number of ether oxygens (including phenoxy) is 1. The van der Waals surface area contributed by atoms with Gasteiger partial charge in [-0.25, -0.2) is 0 Å². The highest BCUT2D eigenvalue weighted by molar-refractivity contribution is 7.86. The van der Waals surface area contributed by atoms with Gasteiger partial charge in [0.2, 0.25) is 0 Å². The molecule has 0 amide bonds. The van der Waals surface area contributed by atoms with Crippen LogP contribution in [0.15, 0.2) is 0 Å². The molecule has 2 rings (SSSR count). The molecule has 0 N–H and O–H groups in total. The Kier molecular flexibility index (Phi) is 5.27. The molecule has 2 fully saturated rings. The van der Waals surface area contributed by atoms with Crippen LogP contribution in [0.25, 0.3) is 0 Å². The first-order valence-electron chi connectivity index (χ1n) is 7.67. The monoisotopic (exact) mass is 318 g/mol. The molecule has 0 spiro atoms. The van der Waals surface area contributed by atoms with Gasteiger partial charge in [0, 0.05) is 26.2 Å². The van der Waals surface area contributed by atoms with E-state index in [9.17, 15) is 13.2 Å². The lowest BCUT2D eigenvalue weighted by Crippen LogP contribution is -2.52. The van der Waals surface area contributed by atoms with Crippen molar-refractivity contribution in [3.05, 3.63) is 0 Å². The number of rotatable bonds is 3. The Morgan fingerprint density at radius 1 is 1.10 bits per heavy atom. The Morgan fingerprint density at radius 3 is 2.29 bits per heavy atom. The lowest BCUT2D eigenvalue weighted by atomic mass is 9.94. The average Bonchev–Trinajstić information content (AvgIpc) is 2.45. The number of hydrogen-bond donors (Lipinski definition) is 0. The van der Waals surface area contributed by atoms with Crippen molar-refractivity contribution in [1.29, 1.82) is 0 Å². The van der Waals surface area contributed by atoms with E-state index in [0.717, 1.165) is 6.42 Å². The highest BCUT2D eigenvalue weighted by Crippen LogP contribution is 2.27. The van der Waals surface area contributed by atoms with Gasteiger partial charge in [-0.2, -0.15) is 17.0 Å². The van der Waals surface area contributed by atoms with Crippen molar-refractivity contribution >= 4 is 16.2 Å². The summed E-state index contributed by atoms with van der Waals surface area (Å²) in [5.41, 5.74) is 0. The van der Waals surface area contributed by atoms with E-state index in [-0.39, 0.29) is 18.4 Å². The molecule has 7 heteroatoms. The zero-order valence-corrected chi connectivity index (χ0v) is 13.9. The maximum Gasteiger partial charge on any atom is 0.309 e. The molecule has 122 valence electrons. The number of methoxy groups -OCH3 is 1. The largest absolute Gasteiger partial charge is 0.469 e. The fourth-order valence-electron chi connectivity index (χ4n) is 3.47. The number of nitrogens with zero attached hydrogens (tertiary/aromatic N) is 2. The third-order valence-corrected chi connectivity index (χ3v) is 6.34. The van der Waals surface area contributed by atoms with Gasteiger partial charge in [-0.05, 0) is 31.1 Å². The minimum Gasteiger partial charge on any atom is -0.469 e. The van der Waals surface area contributed by atoms with E-state index in [1.165, 1.54) is 11.4 Å². The van der Waals surface area contributed by atoms with Gasteiger partial charge in [-0.1, -0.05) is 13.8 Å². The quantitative estimate of drug-likeness (QED) is 0.731. The molecule has 2 saturated heterocycles. The van der Waals surface area contributed by atoms with E-state index in [2.05, 4.69) is 13.8 Å². The average molecular weight is 318 g/mol. The van der Waals surface area contributed by atoms with Gasteiger partial charge < -0.3 is 4.74 Å². The van der Waals surface area contributed by atoms with Crippen LogP contribution in [0.1, 0.15) is 33.1 Å². The van der Waals surface area contributed by atoms with Gasteiger partial charge in [-0.3, -0.25) is 4.79 Å². The zero-order valence-electron chi connectivity index (χ0n) is 13.1. The summed E-state index contributed by atoms with van der Waals surface area (Å²) in [6, 6.07) is 0. The molecule has 0 aliphatic carbocycles. The maximum absolute atomic E-state index is 12.8. The van der Waals surface area contributed by atoms with Gasteiger partial charge in [-0.15, -0.1) is 0 Å². The summed E-state index contributed by atoms with van der Waals surface area (Å²) < 4.78 is 33.4. The Balaban J connectivity index is 2.09. The lowest BCUT2D eigenvalue weighted by Gasteiger charge is -2.39. The Labute approximate surface area is 127 Å². The Bertz CT molecular complexity index is 469. The van der Waals surface area contributed by atoms with Crippen molar-refractivity contribution in [2.24, 2.45) is 17.8 Å². The Morgan fingerprint density at radius 2 is 1.71 bits per heavy atom. The topological polar surface area (TPSA) is 66.9 Å². The van der Waals surface area contributed by atoms with Crippen LogP contribution < -0.4 is 0 Å². The zero-order chi connectivity index (χ0) is 15.6. The molecular weight excluding hydrogens is 292 g/mol. The highest BCUT2D eigenvalue weighted by atomic mass is 32.2. The summed E-state index contributed by atoms with van der Waals surface area (Å²) >= 11 is 0. The second-order valence-electron chi connectivity index (χ2n) is 6.49. The second-order valence-corrected chi connectivity index (χ2v) is 8.42. The van der Waals surface area contributed by atoms with E-state index in [4.69, 9.17) is 4.74 Å². The third-order valence-electron chi connectivity index (χ3n) is 4.41. The number of hydrogen-bond acceptors (Lipinski definition) is 4. The number of piperidine rings is 2. The summed E-state index contributed by atoms with van der Waals surface area (Å²) in [6.07, 6.45) is 2.47. The van der Waals surface area contributed by atoms with Crippen molar-refractivity contribution < 1.29 is 17.9 Å². The van der Waals surface area contributed by atoms with Gasteiger partial charge in [0.1, 0.15) is 0 Å². The van der Waals surface area contributed by atoms with Crippen molar-refractivity contribution in [3.63, 3.8) is 0 Å². The summed E-state index contributed by atoms with van der Waals surface area (Å²) in [6.45, 7) is 6.07. The first-order chi connectivity index (χ1) is 9.84. The molecule has 2 aliphatic rings. The van der Waals surface area contributed by atoms with Crippen molar-refractivity contribution in [2.45, 2.75) is 33.1 Å². The smallest absolute Gasteiger partial charge is 0.309 e. The maximum atomic E-state index is 12.8. The Hall–Kier alpha value is -0.660. The second kappa shape index (κ2) is 6.62.